The molecule has 2 heterocycles. The summed E-state index contributed by atoms with van der Waals surface area (Å²) in [5.74, 6) is 1.76. The van der Waals surface area contributed by atoms with Crippen molar-refractivity contribution in [3.63, 3.8) is 0 Å². The molecule has 0 aromatic heterocycles. The van der Waals surface area contributed by atoms with Crippen LogP contribution < -0.4 is 15.4 Å². The molecule has 3 atom stereocenters. The van der Waals surface area contributed by atoms with E-state index in [2.05, 4.69) is 47.9 Å². The van der Waals surface area contributed by atoms with Gasteiger partial charge in [-0.2, -0.15) is 0 Å². The van der Waals surface area contributed by atoms with Crippen molar-refractivity contribution >= 4 is 16.7 Å². The molecule has 4 rings (SSSR count). The van der Waals surface area contributed by atoms with Crippen LogP contribution in [0, 0.1) is 0 Å². The lowest BCUT2D eigenvalue weighted by Crippen LogP contribution is -2.47. The fraction of sp³-hybridized carbons (Fsp3) is 0.476. The number of hydrogen-bond acceptors (Lipinski definition) is 3. The van der Waals surface area contributed by atoms with Crippen molar-refractivity contribution in [3.8, 4) is 5.75 Å². The normalized spacial score (nSPS) is 24.8. The molecule has 2 aliphatic heterocycles. The molecule has 2 fully saturated rings. The van der Waals surface area contributed by atoms with Gasteiger partial charge in [-0.1, -0.05) is 18.2 Å². The third-order valence-corrected chi connectivity index (χ3v) is 5.30. The Bertz CT molecular complexity index is 805. The van der Waals surface area contributed by atoms with E-state index >= 15 is 0 Å². The summed E-state index contributed by atoms with van der Waals surface area (Å²) < 4.78 is 11.2. The highest BCUT2D eigenvalue weighted by Gasteiger charge is 2.41. The molecule has 2 aromatic carbocycles. The molecule has 2 aliphatic rings. The molecule has 2 N–H and O–H groups in total. The number of rotatable bonds is 5. The second-order valence-corrected chi connectivity index (χ2v) is 7.10. The summed E-state index contributed by atoms with van der Waals surface area (Å²) in [5, 5.41) is 9.31. The van der Waals surface area contributed by atoms with E-state index in [1.165, 1.54) is 22.8 Å². The highest BCUT2D eigenvalue weighted by Crippen LogP contribution is 2.34. The first-order valence-corrected chi connectivity index (χ1v) is 9.52. The first kappa shape index (κ1) is 17.2. The smallest absolute Gasteiger partial charge is 0.191 e. The van der Waals surface area contributed by atoms with Gasteiger partial charge in [0.2, 0.25) is 0 Å². The van der Waals surface area contributed by atoms with Crippen molar-refractivity contribution in [2.45, 2.75) is 51.0 Å². The fourth-order valence-electron chi connectivity index (χ4n) is 3.95. The summed E-state index contributed by atoms with van der Waals surface area (Å²) in [5.41, 5.74) is 1.20. The minimum atomic E-state index is 0.347. The van der Waals surface area contributed by atoms with Gasteiger partial charge < -0.3 is 20.1 Å². The molecule has 0 aliphatic carbocycles. The molecule has 138 valence electrons. The van der Waals surface area contributed by atoms with Crippen molar-refractivity contribution in [1.29, 1.82) is 0 Å². The fourth-order valence-corrected chi connectivity index (χ4v) is 3.95. The number of methoxy groups -OCH3 is 1. The molecule has 5 heteroatoms. The SMILES string of the molecule is CCNC(=NCc1ccc2cc(OC)ccc2c1)NC1CC2CCC1O2. The summed E-state index contributed by atoms with van der Waals surface area (Å²) in [6, 6.07) is 13.0. The monoisotopic (exact) mass is 353 g/mol. The van der Waals surface area contributed by atoms with E-state index in [0.717, 1.165) is 31.1 Å². The maximum atomic E-state index is 5.94. The molecule has 2 aromatic rings. The van der Waals surface area contributed by atoms with Gasteiger partial charge in [-0.15, -0.1) is 0 Å². The minimum Gasteiger partial charge on any atom is -0.497 e. The summed E-state index contributed by atoms with van der Waals surface area (Å²) in [7, 11) is 1.70. The summed E-state index contributed by atoms with van der Waals surface area (Å²) in [6.45, 7) is 3.60. The zero-order valence-corrected chi connectivity index (χ0v) is 15.5. The van der Waals surface area contributed by atoms with Crippen molar-refractivity contribution in [3.05, 3.63) is 42.0 Å². The maximum Gasteiger partial charge on any atom is 0.191 e. The third-order valence-electron chi connectivity index (χ3n) is 5.30. The van der Waals surface area contributed by atoms with Gasteiger partial charge >= 0.3 is 0 Å². The van der Waals surface area contributed by atoms with Gasteiger partial charge in [-0.25, -0.2) is 4.99 Å². The molecular weight excluding hydrogens is 326 g/mol. The van der Waals surface area contributed by atoms with Crippen LogP contribution in [0.25, 0.3) is 10.8 Å². The van der Waals surface area contributed by atoms with E-state index in [-0.39, 0.29) is 0 Å². The Labute approximate surface area is 154 Å². The zero-order chi connectivity index (χ0) is 17.9. The maximum absolute atomic E-state index is 5.94. The number of fused-ring (bicyclic) bond motifs is 3. The quantitative estimate of drug-likeness (QED) is 0.640. The van der Waals surface area contributed by atoms with Crippen molar-refractivity contribution in [2.24, 2.45) is 4.99 Å². The Balaban J connectivity index is 1.46. The second kappa shape index (κ2) is 7.54. The van der Waals surface area contributed by atoms with Gasteiger partial charge in [0.25, 0.3) is 0 Å². The lowest BCUT2D eigenvalue weighted by atomic mass is 9.96. The number of aliphatic imine (C=N–C) groups is 1. The van der Waals surface area contributed by atoms with E-state index in [0.29, 0.717) is 24.8 Å². The second-order valence-electron chi connectivity index (χ2n) is 7.10. The lowest BCUT2D eigenvalue weighted by Gasteiger charge is -2.22. The van der Waals surface area contributed by atoms with Crippen molar-refractivity contribution in [2.75, 3.05) is 13.7 Å². The molecule has 2 saturated heterocycles. The first-order chi connectivity index (χ1) is 12.7. The van der Waals surface area contributed by atoms with E-state index in [9.17, 15) is 0 Å². The van der Waals surface area contributed by atoms with E-state index in [1.54, 1.807) is 7.11 Å². The van der Waals surface area contributed by atoms with Gasteiger partial charge in [0, 0.05) is 6.54 Å². The van der Waals surface area contributed by atoms with Crippen LogP contribution in [0.4, 0.5) is 0 Å². The average molecular weight is 353 g/mol. The molecule has 0 saturated carbocycles. The van der Waals surface area contributed by atoms with Crippen LogP contribution in [0.2, 0.25) is 0 Å². The highest BCUT2D eigenvalue weighted by molar-refractivity contribution is 5.84. The predicted molar refractivity (Wildman–Crippen MR) is 105 cm³/mol. The Morgan fingerprint density at radius 3 is 2.77 bits per heavy atom. The summed E-state index contributed by atoms with van der Waals surface area (Å²) in [4.78, 5) is 4.79. The topological polar surface area (TPSA) is 54.9 Å². The molecular formula is C21H27N3O2. The lowest BCUT2D eigenvalue weighted by molar-refractivity contribution is 0.0992. The van der Waals surface area contributed by atoms with E-state index in [4.69, 9.17) is 14.5 Å². The molecule has 0 spiro atoms. The predicted octanol–water partition coefficient (Wildman–Crippen LogP) is 3.22. The number of nitrogens with one attached hydrogen (secondary N) is 2. The molecule has 0 radical (unpaired) electrons. The van der Waals surface area contributed by atoms with Crippen molar-refractivity contribution in [1.82, 2.24) is 10.6 Å². The van der Waals surface area contributed by atoms with Crippen LogP contribution >= 0.6 is 0 Å². The number of nitrogens with zero attached hydrogens (tertiary/aromatic N) is 1. The zero-order valence-electron chi connectivity index (χ0n) is 15.5. The first-order valence-electron chi connectivity index (χ1n) is 9.52. The van der Waals surface area contributed by atoms with Gasteiger partial charge in [0.15, 0.2) is 5.96 Å². The average Bonchev–Trinajstić information content (AvgIpc) is 3.29. The largest absolute Gasteiger partial charge is 0.497 e. The van der Waals surface area contributed by atoms with Gasteiger partial charge in [0.05, 0.1) is 31.9 Å². The van der Waals surface area contributed by atoms with Gasteiger partial charge in [-0.05, 0) is 60.7 Å². The van der Waals surface area contributed by atoms with Crippen LogP contribution in [0.3, 0.4) is 0 Å². The number of ether oxygens (including phenoxy) is 2. The molecule has 0 amide bonds. The van der Waals surface area contributed by atoms with Gasteiger partial charge in [0.1, 0.15) is 5.75 Å². The van der Waals surface area contributed by atoms with Gasteiger partial charge in [-0.3, -0.25) is 0 Å². The Morgan fingerprint density at radius 2 is 2.04 bits per heavy atom. The van der Waals surface area contributed by atoms with Crippen molar-refractivity contribution < 1.29 is 9.47 Å². The molecule has 3 unspecified atom stereocenters. The van der Waals surface area contributed by atoms with Crippen LogP contribution in [-0.4, -0.2) is 37.9 Å². The number of guanidine groups is 1. The van der Waals surface area contributed by atoms with Crippen LogP contribution in [0.1, 0.15) is 31.7 Å². The summed E-state index contributed by atoms with van der Waals surface area (Å²) in [6.07, 6.45) is 4.25. The Hall–Kier alpha value is -2.27. The van der Waals surface area contributed by atoms with E-state index in [1.807, 2.05) is 6.07 Å². The van der Waals surface area contributed by atoms with E-state index < -0.39 is 0 Å². The minimum absolute atomic E-state index is 0.347. The molecule has 2 bridgehead atoms. The highest BCUT2D eigenvalue weighted by atomic mass is 16.5. The van der Waals surface area contributed by atoms with Crippen LogP contribution in [-0.2, 0) is 11.3 Å². The summed E-state index contributed by atoms with van der Waals surface area (Å²) >= 11 is 0. The number of benzene rings is 2. The van der Waals surface area contributed by atoms with Crippen LogP contribution in [0.15, 0.2) is 41.4 Å². The Kier molecular flexibility index (Phi) is 4.98. The molecule has 26 heavy (non-hydrogen) atoms. The molecule has 5 nitrogen and oxygen atoms in total. The standard InChI is InChI=1S/C21H27N3O2/c1-3-22-21(24-19-12-18-8-9-20(19)26-18)23-13-14-4-5-16-11-17(25-2)7-6-15(16)10-14/h4-7,10-11,18-20H,3,8-9,12-13H2,1-2H3,(H2,22,23,24). The number of hydrogen-bond donors (Lipinski definition) is 2. The third kappa shape index (κ3) is 3.63. The Morgan fingerprint density at radius 1 is 1.19 bits per heavy atom. The van der Waals surface area contributed by atoms with Crippen LogP contribution in [0.5, 0.6) is 5.75 Å².